The molecule has 1 amide bonds. The molecule has 0 radical (unpaired) electrons. The smallest absolute Gasteiger partial charge is 0.271 e. The van der Waals surface area contributed by atoms with Gasteiger partial charge in [-0.15, -0.1) is 11.3 Å². The lowest BCUT2D eigenvalue weighted by molar-refractivity contribution is 0.0909. The molecule has 0 aliphatic carbocycles. The fraction of sp³-hybridized carbons (Fsp3) is 0.375. The summed E-state index contributed by atoms with van der Waals surface area (Å²) in [6.07, 6.45) is 2.01. The molecule has 6 heteroatoms. The van der Waals surface area contributed by atoms with Gasteiger partial charge in [0, 0.05) is 12.0 Å². The maximum Gasteiger partial charge on any atom is 0.271 e. The Morgan fingerprint density at radius 3 is 2.95 bits per heavy atom. The first-order valence-corrected chi connectivity index (χ1v) is 8.19. The molecule has 2 atom stereocenters. The van der Waals surface area contributed by atoms with Gasteiger partial charge in [-0.05, 0) is 18.4 Å². The topological polar surface area (TPSA) is 71.5 Å². The van der Waals surface area contributed by atoms with Gasteiger partial charge in [0.05, 0.1) is 12.6 Å². The van der Waals surface area contributed by atoms with Crippen LogP contribution in [0, 0.1) is 0 Å². The molecule has 1 aliphatic rings. The first-order valence-electron chi connectivity index (χ1n) is 7.31. The van der Waals surface area contributed by atoms with E-state index in [0.717, 1.165) is 30.0 Å². The summed E-state index contributed by atoms with van der Waals surface area (Å²) >= 11 is 1.45. The molecule has 1 aliphatic heterocycles. The number of nitrogens with zero attached hydrogens (tertiary/aromatic N) is 1. The highest BCUT2D eigenvalue weighted by molar-refractivity contribution is 7.09. The monoisotopic (exact) mass is 318 g/mol. The molecule has 116 valence electrons. The number of carbonyl (C=O) groups excluding carboxylic acids is 1. The van der Waals surface area contributed by atoms with Crippen LogP contribution >= 0.6 is 11.3 Å². The summed E-state index contributed by atoms with van der Waals surface area (Å²) < 4.78 is 5.58. The fourth-order valence-corrected chi connectivity index (χ4v) is 3.34. The zero-order valence-electron chi connectivity index (χ0n) is 12.1. The highest BCUT2D eigenvalue weighted by atomic mass is 32.1. The van der Waals surface area contributed by atoms with Gasteiger partial charge in [0.15, 0.2) is 0 Å². The quantitative estimate of drug-likeness (QED) is 0.888. The number of aliphatic hydroxyl groups excluding tert-OH is 1. The number of nitrogens with one attached hydrogen (secondary N) is 1. The summed E-state index contributed by atoms with van der Waals surface area (Å²) in [5.74, 6) is -0.275. The summed E-state index contributed by atoms with van der Waals surface area (Å²) in [5.41, 5.74) is 1.25. The van der Waals surface area contributed by atoms with Crippen molar-refractivity contribution in [3.8, 4) is 0 Å². The van der Waals surface area contributed by atoms with E-state index in [2.05, 4.69) is 10.3 Å². The molecule has 0 bridgehead atoms. The first kappa shape index (κ1) is 15.1. The number of hydrogen-bond acceptors (Lipinski definition) is 5. The van der Waals surface area contributed by atoms with Crippen molar-refractivity contribution in [2.45, 2.75) is 25.0 Å². The van der Waals surface area contributed by atoms with E-state index >= 15 is 0 Å². The van der Waals surface area contributed by atoms with Crippen molar-refractivity contribution in [2.75, 3.05) is 13.2 Å². The van der Waals surface area contributed by atoms with Gasteiger partial charge in [-0.1, -0.05) is 30.3 Å². The van der Waals surface area contributed by atoms with Gasteiger partial charge >= 0.3 is 0 Å². The molecule has 2 N–H and O–H groups in total. The summed E-state index contributed by atoms with van der Waals surface area (Å²) in [6, 6.07) is 8.97. The van der Waals surface area contributed by atoms with E-state index < -0.39 is 6.04 Å². The van der Waals surface area contributed by atoms with Crippen LogP contribution in [0.5, 0.6) is 0 Å². The van der Waals surface area contributed by atoms with Crippen LogP contribution in [0.15, 0.2) is 35.7 Å². The van der Waals surface area contributed by atoms with E-state index in [9.17, 15) is 9.90 Å². The van der Waals surface area contributed by atoms with E-state index in [1.54, 1.807) is 5.38 Å². The minimum atomic E-state index is -0.429. The number of ether oxygens (including phenoxy) is 1. The highest BCUT2D eigenvalue weighted by Gasteiger charge is 2.23. The summed E-state index contributed by atoms with van der Waals surface area (Å²) in [6.45, 7) is 0.602. The third-order valence-electron chi connectivity index (χ3n) is 3.65. The Bertz CT molecular complexity index is 623. The Balaban J connectivity index is 1.68. The number of amides is 1. The second-order valence-electron chi connectivity index (χ2n) is 5.19. The van der Waals surface area contributed by atoms with Crippen LogP contribution < -0.4 is 5.32 Å². The Labute approximate surface area is 133 Å². The van der Waals surface area contributed by atoms with Crippen LogP contribution in [0.3, 0.4) is 0 Å². The SMILES string of the molecule is O=C(NC(CO)c1ccccc1)c1csc(C2CCCO2)n1. The van der Waals surface area contributed by atoms with Crippen molar-refractivity contribution in [1.82, 2.24) is 10.3 Å². The van der Waals surface area contributed by atoms with Crippen LogP contribution in [-0.2, 0) is 4.74 Å². The molecule has 2 aromatic rings. The summed E-state index contributed by atoms with van der Waals surface area (Å²) in [5, 5.41) is 14.9. The van der Waals surface area contributed by atoms with E-state index in [-0.39, 0.29) is 18.6 Å². The van der Waals surface area contributed by atoms with Crippen molar-refractivity contribution in [3.63, 3.8) is 0 Å². The van der Waals surface area contributed by atoms with Crippen LogP contribution in [0.1, 0.15) is 46.0 Å². The second-order valence-corrected chi connectivity index (χ2v) is 6.08. The van der Waals surface area contributed by atoms with Crippen molar-refractivity contribution >= 4 is 17.2 Å². The lowest BCUT2D eigenvalue weighted by Gasteiger charge is -2.15. The van der Waals surface area contributed by atoms with Crippen LogP contribution in [-0.4, -0.2) is 29.2 Å². The van der Waals surface area contributed by atoms with Crippen LogP contribution in [0.2, 0.25) is 0 Å². The minimum absolute atomic E-state index is 0.0225. The molecule has 1 aromatic carbocycles. The molecule has 1 saturated heterocycles. The third-order valence-corrected chi connectivity index (χ3v) is 4.59. The predicted molar refractivity (Wildman–Crippen MR) is 83.8 cm³/mol. The zero-order valence-corrected chi connectivity index (χ0v) is 12.9. The number of aliphatic hydroxyl groups is 1. The van der Waals surface area contributed by atoms with E-state index in [4.69, 9.17) is 4.74 Å². The van der Waals surface area contributed by atoms with E-state index in [1.807, 2.05) is 30.3 Å². The molecule has 3 rings (SSSR count). The maximum absolute atomic E-state index is 12.3. The molecule has 5 nitrogen and oxygen atoms in total. The Morgan fingerprint density at radius 2 is 2.27 bits per heavy atom. The number of carbonyl (C=O) groups is 1. The normalized spacial score (nSPS) is 19.0. The van der Waals surface area contributed by atoms with Gasteiger partial charge in [-0.2, -0.15) is 0 Å². The Kier molecular flexibility index (Phi) is 4.82. The van der Waals surface area contributed by atoms with Crippen molar-refractivity contribution in [2.24, 2.45) is 0 Å². The second kappa shape index (κ2) is 7.00. The van der Waals surface area contributed by atoms with E-state index in [0.29, 0.717) is 5.69 Å². The van der Waals surface area contributed by atoms with Crippen LogP contribution in [0.4, 0.5) is 0 Å². The van der Waals surface area contributed by atoms with Crippen LogP contribution in [0.25, 0.3) is 0 Å². The number of aromatic nitrogens is 1. The molecule has 0 saturated carbocycles. The number of thiazole rings is 1. The lowest BCUT2D eigenvalue weighted by Crippen LogP contribution is -2.31. The zero-order chi connectivity index (χ0) is 15.4. The summed E-state index contributed by atoms with van der Waals surface area (Å²) in [7, 11) is 0. The number of hydrogen-bond donors (Lipinski definition) is 2. The largest absolute Gasteiger partial charge is 0.394 e. The third kappa shape index (κ3) is 3.35. The van der Waals surface area contributed by atoms with Gasteiger partial charge in [0.2, 0.25) is 0 Å². The average Bonchev–Trinajstić information content (AvgIpc) is 3.23. The molecule has 1 aromatic heterocycles. The highest BCUT2D eigenvalue weighted by Crippen LogP contribution is 2.30. The number of benzene rings is 1. The van der Waals surface area contributed by atoms with Crippen molar-refractivity contribution in [3.05, 3.63) is 52.0 Å². The average molecular weight is 318 g/mol. The molecule has 22 heavy (non-hydrogen) atoms. The van der Waals surface area contributed by atoms with Gasteiger partial charge in [-0.3, -0.25) is 4.79 Å². The fourth-order valence-electron chi connectivity index (χ4n) is 2.46. The van der Waals surface area contributed by atoms with Gasteiger partial charge in [-0.25, -0.2) is 4.98 Å². The lowest BCUT2D eigenvalue weighted by atomic mass is 10.1. The standard InChI is InChI=1S/C16H18N2O3S/c19-9-12(11-5-2-1-3-6-11)17-15(20)13-10-22-16(18-13)14-7-4-8-21-14/h1-3,5-6,10,12,14,19H,4,7-9H2,(H,17,20). The molecular formula is C16H18N2O3S. The first-order chi connectivity index (χ1) is 10.8. The van der Waals surface area contributed by atoms with Gasteiger partial charge in [0.25, 0.3) is 5.91 Å². The minimum Gasteiger partial charge on any atom is -0.394 e. The van der Waals surface area contributed by atoms with Crippen molar-refractivity contribution in [1.29, 1.82) is 0 Å². The van der Waals surface area contributed by atoms with Crippen molar-refractivity contribution < 1.29 is 14.6 Å². The van der Waals surface area contributed by atoms with E-state index in [1.165, 1.54) is 11.3 Å². The van der Waals surface area contributed by atoms with Gasteiger partial charge < -0.3 is 15.2 Å². The molecule has 2 unspecified atom stereocenters. The number of rotatable bonds is 5. The predicted octanol–water partition coefficient (Wildman–Crippen LogP) is 2.46. The summed E-state index contributed by atoms with van der Waals surface area (Å²) in [4.78, 5) is 16.7. The Hall–Kier alpha value is -1.76. The molecule has 2 heterocycles. The molecular weight excluding hydrogens is 300 g/mol. The Morgan fingerprint density at radius 1 is 1.45 bits per heavy atom. The maximum atomic E-state index is 12.3. The molecule has 0 spiro atoms. The van der Waals surface area contributed by atoms with Gasteiger partial charge in [0.1, 0.15) is 16.8 Å². The molecule has 1 fully saturated rings.